The van der Waals surface area contributed by atoms with Crippen molar-refractivity contribution >= 4 is 19.9 Å². The van der Waals surface area contributed by atoms with Crippen molar-refractivity contribution in [2.45, 2.75) is 32.3 Å². The Hall–Kier alpha value is -1.31. The maximum atomic E-state index is 10.9. The second kappa shape index (κ2) is 9.88. The van der Waals surface area contributed by atoms with Crippen LogP contribution in [0.2, 0.25) is 0 Å². The topological polar surface area (TPSA) is 69.7 Å². The molecule has 5 nitrogen and oxygen atoms in total. The Kier molecular flexibility index (Phi) is 9.12. The average molecular weight is 258 g/mol. The molecule has 0 fully saturated rings. The summed E-state index contributed by atoms with van der Waals surface area (Å²) in [6.45, 7) is 5.28. The number of hydrogen-bond donors (Lipinski definition) is 0. The van der Waals surface area contributed by atoms with Crippen molar-refractivity contribution in [3.8, 4) is 5.63 Å². The summed E-state index contributed by atoms with van der Waals surface area (Å²) in [7, 11) is -0.302. The van der Waals surface area contributed by atoms with Crippen LogP contribution in [0.15, 0.2) is 12.7 Å². The van der Waals surface area contributed by atoms with Gasteiger partial charge in [0.25, 0.3) is 0 Å². The fourth-order valence-corrected chi connectivity index (χ4v) is 1.20. The zero-order chi connectivity index (χ0) is 13.1. The van der Waals surface area contributed by atoms with E-state index in [4.69, 9.17) is 9.47 Å². The quantitative estimate of drug-likeness (QED) is 0.302. The third kappa shape index (κ3) is 9.61. The van der Waals surface area contributed by atoms with Gasteiger partial charge >= 0.3 is 101 Å². The van der Waals surface area contributed by atoms with Gasteiger partial charge in [0.2, 0.25) is 0 Å². The fourth-order valence-electron chi connectivity index (χ4n) is 1.01. The molecule has 0 aromatic heterocycles. The van der Waals surface area contributed by atoms with Gasteiger partial charge in [0, 0.05) is 0 Å². The first-order valence-corrected chi connectivity index (χ1v) is 5.95. The van der Waals surface area contributed by atoms with Crippen LogP contribution in [0.3, 0.4) is 0 Å². The molecule has 1 unspecified atom stereocenters. The van der Waals surface area contributed by atoms with Crippen LogP contribution in [-0.4, -0.2) is 24.6 Å². The molecule has 0 saturated heterocycles. The number of carbonyl (C=O) groups is 2. The molecule has 0 aromatic rings. The Morgan fingerprint density at radius 2 is 2.24 bits per heavy atom. The van der Waals surface area contributed by atoms with Gasteiger partial charge in [0.05, 0.1) is 0 Å². The number of carbonyl (C=O) groups excluding carboxylic acids is 2. The van der Waals surface area contributed by atoms with Crippen LogP contribution >= 0.6 is 7.92 Å². The SMILES string of the molecule is C=CC(=O)OC(C)CCCOC(=O)CC#P=O. The van der Waals surface area contributed by atoms with Crippen LogP contribution in [-0.2, 0) is 23.6 Å². The molecule has 0 heterocycles. The number of rotatable bonds is 7. The summed E-state index contributed by atoms with van der Waals surface area (Å²) in [5, 5.41) is 0. The zero-order valence-electron chi connectivity index (χ0n) is 9.68. The monoisotopic (exact) mass is 258 g/mol. The molecule has 94 valence electrons. The Bertz CT molecular complexity index is 370. The van der Waals surface area contributed by atoms with Gasteiger partial charge < -0.3 is 0 Å². The van der Waals surface area contributed by atoms with E-state index in [2.05, 4.69) is 12.2 Å². The minimum absolute atomic E-state index is 0.0912. The molecule has 1 atom stereocenters. The molecular weight excluding hydrogens is 243 g/mol. The van der Waals surface area contributed by atoms with Crippen LogP contribution in [0.5, 0.6) is 0 Å². The number of hydrogen-bond acceptors (Lipinski definition) is 5. The van der Waals surface area contributed by atoms with Gasteiger partial charge in [-0.1, -0.05) is 0 Å². The van der Waals surface area contributed by atoms with E-state index in [0.717, 1.165) is 6.08 Å². The zero-order valence-corrected chi connectivity index (χ0v) is 10.6. The fraction of sp³-hybridized carbons (Fsp3) is 0.545. The van der Waals surface area contributed by atoms with Crippen molar-refractivity contribution in [1.29, 1.82) is 0 Å². The van der Waals surface area contributed by atoms with Gasteiger partial charge in [-0.25, -0.2) is 0 Å². The Morgan fingerprint density at radius 3 is 2.82 bits per heavy atom. The van der Waals surface area contributed by atoms with Crippen molar-refractivity contribution in [3.63, 3.8) is 0 Å². The van der Waals surface area contributed by atoms with Gasteiger partial charge in [0.15, 0.2) is 0 Å². The van der Waals surface area contributed by atoms with E-state index in [-0.39, 0.29) is 27.0 Å². The second-order valence-corrected chi connectivity index (χ2v) is 3.74. The molecule has 0 aliphatic heterocycles. The van der Waals surface area contributed by atoms with E-state index in [0.29, 0.717) is 12.8 Å². The average Bonchev–Trinajstić information content (AvgIpc) is 2.31. The molecule has 0 aliphatic carbocycles. The van der Waals surface area contributed by atoms with Crippen molar-refractivity contribution in [2.75, 3.05) is 6.61 Å². The first-order valence-electron chi connectivity index (χ1n) is 5.14. The first-order chi connectivity index (χ1) is 8.10. The third-order valence-corrected chi connectivity index (χ3v) is 2.08. The molecule has 0 rings (SSSR count). The van der Waals surface area contributed by atoms with Crippen LogP contribution in [0, 0.1) is 5.63 Å². The van der Waals surface area contributed by atoms with Crippen molar-refractivity contribution in [2.24, 2.45) is 0 Å². The van der Waals surface area contributed by atoms with Crippen LogP contribution in [0.4, 0.5) is 0 Å². The van der Waals surface area contributed by atoms with Crippen molar-refractivity contribution < 1.29 is 23.6 Å². The first kappa shape index (κ1) is 15.7. The number of ether oxygens (including phenoxy) is 2. The summed E-state index contributed by atoms with van der Waals surface area (Å²) in [5.41, 5.74) is 2.29. The van der Waals surface area contributed by atoms with E-state index in [1.54, 1.807) is 6.92 Å². The normalized spacial score (nSPS) is 10.9. The van der Waals surface area contributed by atoms with Gasteiger partial charge in [-0.3, -0.25) is 0 Å². The van der Waals surface area contributed by atoms with E-state index in [1.165, 1.54) is 0 Å². The Balaban J connectivity index is 3.59. The van der Waals surface area contributed by atoms with Gasteiger partial charge in [0.1, 0.15) is 0 Å². The molecular formula is C11H15O5P. The van der Waals surface area contributed by atoms with E-state index >= 15 is 0 Å². The Labute approximate surface area is 101 Å². The summed E-state index contributed by atoms with van der Waals surface area (Å²) < 4.78 is 19.7. The summed E-state index contributed by atoms with van der Waals surface area (Å²) >= 11 is 0. The van der Waals surface area contributed by atoms with Gasteiger partial charge in [-0.15, -0.1) is 0 Å². The molecule has 0 aliphatic rings. The summed E-state index contributed by atoms with van der Waals surface area (Å²) in [5.74, 6) is -0.933. The third-order valence-electron chi connectivity index (χ3n) is 1.79. The van der Waals surface area contributed by atoms with Crippen LogP contribution in [0.25, 0.3) is 0 Å². The summed E-state index contributed by atoms with van der Waals surface area (Å²) in [6, 6.07) is 0. The molecule has 0 radical (unpaired) electrons. The van der Waals surface area contributed by atoms with E-state index < -0.39 is 11.9 Å². The van der Waals surface area contributed by atoms with Gasteiger partial charge in [-0.05, 0) is 0 Å². The number of esters is 2. The predicted molar refractivity (Wildman–Crippen MR) is 62.1 cm³/mol. The van der Waals surface area contributed by atoms with E-state index in [9.17, 15) is 14.2 Å². The molecule has 0 aromatic carbocycles. The minimum atomic E-state index is -0.468. The van der Waals surface area contributed by atoms with Crippen molar-refractivity contribution in [3.05, 3.63) is 12.7 Å². The standard InChI is InChI=1S/C11H15O5P/c1-3-10(12)16-9(2)5-4-7-15-11(13)6-8-17-14/h3,9H,1,4-7H2,2H3. The summed E-state index contributed by atoms with van der Waals surface area (Å²) in [6.07, 6.45) is 1.96. The van der Waals surface area contributed by atoms with Gasteiger partial charge in [-0.2, -0.15) is 0 Å². The Morgan fingerprint density at radius 1 is 1.53 bits per heavy atom. The maximum absolute atomic E-state index is 10.9. The second-order valence-electron chi connectivity index (χ2n) is 3.24. The molecule has 6 heteroatoms. The van der Waals surface area contributed by atoms with Crippen LogP contribution in [0.1, 0.15) is 26.2 Å². The van der Waals surface area contributed by atoms with Crippen molar-refractivity contribution in [1.82, 2.24) is 0 Å². The molecule has 0 bridgehead atoms. The molecule has 0 amide bonds. The molecule has 0 spiro atoms. The predicted octanol–water partition coefficient (Wildman–Crippen LogP) is 2.07. The molecule has 17 heavy (non-hydrogen) atoms. The molecule has 0 N–H and O–H groups in total. The molecule has 0 saturated carbocycles. The van der Waals surface area contributed by atoms with E-state index in [1.807, 2.05) is 0 Å². The van der Waals surface area contributed by atoms with Crippen LogP contribution < -0.4 is 0 Å². The summed E-state index contributed by atoms with van der Waals surface area (Å²) in [4.78, 5) is 21.8.